The zero-order valence-electron chi connectivity index (χ0n) is 10.8. The monoisotopic (exact) mass is 287 g/mol. The van der Waals surface area contributed by atoms with Crippen LogP contribution in [0.25, 0.3) is 0 Å². The van der Waals surface area contributed by atoms with Gasteiger partial charge in [-0.2, -0.15) is 0 Å². The number of methoxy groups -OCH3 is 1. The summed E-state index contributed by atoms with van der Waals surface area (Å²) in [6.45, 7) is 0.0739. The lowest BCUT2D eigenvalue weighted by molar-refractivity contribution is -0.125. The number of carbonyl (C=O) groups excluding carboxylic acids is 2. The van der Waals surface area contributed by atoms with Gasteiger partial charge in [0.05, 0.1) is 11.3 Å². The average molecular weight is 288 g/mol. The van der Waals surface area contributed by atoms with Crippen molar-refractivity contribution in [2.24, 2.45) is 5.73 Å². The highest BCUT2D eigenvalue weighted by Crippen LogP contribution is 2.15. The van der Waals surface area contributed by atoms with Crippen LogP contribution in [-0.4, -0.2) is 38.6 Å². The largest absolute Gasteiger partial charge is 0.370 e. The Bertz CT molecular complexity index is 436. The van der Waals surface area contributed by atoms with Gasteiger partial charge < -0.3 is 21.1 Å². The van der Waals surface area contributed by atoms with Crippen molar-refractivity contribution in [2.75, 3.05) is 26.0 Å². The maximum atomic E-state index is 11.8. The molecular weight excluding hydrogens is 270 g/mol. The Labute approximate surface area is 118 Å². The van der Waals surface area contributed by atoms with E-state index in [-0.39, 0.29) is 30.8 Å². The normalized spacial score (nSPS) is 11.1. The molecule has 1 unspecified atom stereocenters. The van der Waals surface area contributed by atoms with Crippen molar-refractivity contribution in [1.29, 1.82) is 0 Å². The van der Waals surface area contributed by atoms with E-state index < -0.39 is 6.10 Å². The second-order valence-electron chi connectivity index (χ2n) is 3.57. The molecule has 19 heavy (non-hydrogen) atoms. The van der Waals surface area contributed by atoms with Gasteiger partial charge in [0.1, 0.15) is 6.10 Å². The molecule has 2 amide bonds. The van der Waals surface area contributed by atoms with Crippen LogP contribution < -0.4 is 16.4 Å². The van der Waals surface area contributed by atoms with E-state index >= 15 is 0 Å². The Morgan fingerprint density at radius 3 is 2.53 bits per heavy atom. The summed E-state index contributed by atoms with van der Waals surface area (Å²) >= 11 is 0. The van der Waals surface area contributed by atoms with E-state index in [4.69, 9.17) is 10.5 Å². The van der Waals surface area contributed by atoms with Crippen molar-refractivity contribution in [2.45, 2.75) is 6.10 Å². The van der Waals surface area contributed by atoms with Gasteiger partial charge in [-0.25, -0.2) is 0 Å². The zero-order valence-corrected chi connectivity index (χ0v) is 11.6. The Kier molecular flexibility index (Phi) is 7.74. The molecule has 0 heterocycles. The van der Waals surface area contributed by atoms with E-state index in [0.717, 1.165) is 0 Å². The minimum absolute atomic E-state index is 0. The fourth-order valence-corrected chi connectivity index (χ4v) is 1.45. The highest BCUT2D eigenvalue weighted by atomic mass is 35.5. The molecule has 0 bridgehead atoms. The first-order chi connectivity index (χ1) is 8.63. The highest BCUT2D eigenvalue weighted by Gasteiger charge is 2.18. The summed E-state index contributed by atoms with van der Waals surface area (Å²) in [6, 6.07) is 6.72. The summed E-state index contributed by atoms with van der Waals surface area (Å²) in [5.74, 6) is -0.649. The molecule has 1 aromatic carbocycles. The highest BCUT2D eigenvalue weighted by molar-refractivity contribution is 6.04. The predicted molar refractivity (Wildman–Crippen MR) is 75.6 cm³/mol. The van der Waals surface area contributed by atoms with Crippen molar-refractivity contribution in [3.05, 3.63) is 29.8 Å². The van der Waals surface area contributed by atoms with Gasteiger partial charge in [-0.05, 0) is 12.1 Å². The Morgan fingerprint density at radius 2 is 2.00 bits per heavy atom. The molecule has 0 aromatic heterocycles. The second-order valence-corrected chi connectivity index (χ2v) is 3.57. The van der Waals surface area contributed by atoms with Crippen molar-refractivity contribution in [1.82, 2.24) is 5.32 Å². The molecule has 0 aliphatic rings. The van der Waals surface area contributed by atoms with E-state index in [1.807, 2.05) is 0 Å². The smallest absolute Gasteiger partial charge is 0.254 e. The first-order valence-electron chi connectivity index (χ1n) is 5.48. The number of nitrogens with two attached hydrogens (primary N) is 1. The number of rotatable bonds is 5. The molecule has 7 heteroatoms. The second kappa shape index (κ2) is 8.47. The minimum atomic E-state index is -0.734. The van der Waals surface area contributed by atoms with Gasteiger partial charge in [0.2, 0.25) is 0 Å². The summed E-state index contributed by atoms with van der Waals surface area (Å²) in [4.78, 5) is 23.4. The quantitative estimate of drug-likeness (QED) is 0.730. The summed E-state index contributed by atoms with van der Waals surface area (Å²) in [5.41, 5.74) is 6.21. The van der Waals surface area contributed by atoms with Gasteiger partial charge in [-0.15, -0.1) is 12.4 Å². The number of hydrogen-bond acceptors (Lipinski definition) is 4. The van der Waals surface area contributed by atoms with E-state index in [0.29, 0.717) is 11.3 Å². The molecule has 0 radical (unpaired) electrons. The number of anilines is 1. The number of para-hydroxylation sites is 1. The fourth-order valence-electron chi connectivity index (χ4n) is 1.45. The van der Waals surface area contributed by atoms with Crippen LogP contribution in [0.15, 0.2) is 24.3 Å². The molecule has 6 nitrogen and oxygen atoms in total. The molecule has 0 saturated heterocycles. The number of amides is 2. The first kappa shape index (κ1) is 17.4. The van der Waals surface area contributed by atoms with Crippen LogP contribution in [0, 0.1) is 0 Å². The van der Waals surface area contributed by atoms with Gasteiger partial charge in [-0.3, -0.25) is 9.59 Å². The van der Waals surface area contributed by atoms with Gasteiger partial charge in [0.15, 0.2) is 0 Å². The predicted octanol–water partition coefficient (Wildman–Crippen LogP) is 0.380. The summed E-state index contributed by atoms with van der Waals surface area (Å²) in [6.07, 6.45) is -0.734. The van der Waals surface area contributed by atoms with Crippen molar-refractivity contribution >= 4 is 29.9 Å². The molecule has 106 valence electrons. The number of carbonyl (C=O) groups is 2. The van der Waals surface area contributed by atoms with Crippen molar-refractivity contribution < 1.29 is 14.3 Å². The number of nitrogens with one attached hydrogen (secondary N) is 2. The van der Waals surface area contributed by atoms with Crippen LogP contribution in [0.1, 0.15) is 10.4 Å². The van der Waals surface area contributed by atoms with E-state index in [2.05, 4.69) is 10.6 Å². The van der Waals surface area contributed by atoms with Crippen LogP contribution >= 0.6 is 12.4 Å². The molecule has 1 aromatic rings. The molecule has 1 atom stereocenters. The van der Waals surface area contributed by atoms with Gasteiger partial charge >= 0.3 is 0 Å². The third kappa shape index (κ3) is 4.51. The third-order valence-electron chi connectivity index (χ3n) is 2.45. The fraction of sp³-hybridized carbons (Fsp3) is 0.333. The van der Waals surface area contributed by atoms with E-state index in [1.165, 1.54) is 14.2 Å². The standard InChI is InChI=1S/C12H17N3O3.ClH/c1-14-11(16)8-5-3-4-6-9(8)15-12(17)10(7-13)18-2;/h3-6,10H,7,13H2,1-2H3,(H,14,16)(H,15,17);1H. The van der Waals surface area contributed by atoms with Gasteiger partial charge in [0, 0.05) is 20.7 Å². The number of ether oxygens (including phenoxy) is 1. The maximum absolute atomic E-state index is 11.8. The van der Waals surface area contributed by atoms with Crippen LogP contribution in [0.5, 0.6) is 0 Å². The minimum Gasteiger partial charge on any atom is -0.370 e. The molecule has 1 rings (SSSR count). The summed E-state index contributed by atoms with van der Waals surface area (Å²) in [5, 5.41) is 5.13. The van der Waals surface area contributed by atoms with E-state index in [9.17, 15) is 9.59 Å². The topological polar surface area (TPSA) is 93.5 Å². The van der Waals surface area contributed by atoms with E-state index in [1.54, 1.807) is 24.3 Å². The zero-order chi connectivity index (χ0) is 13.5. The maximum Gasteiger partial charge on any atom is 0.254 e. The van der Waals surface area contributed by atoms with Gasteiger partial charge in [-0.1, -0.05) is 12.1 Å². The molecule has 0 aliphatic carbocycles. The lowest BCUT2D eigenvalue weighted by Gasteiger charge is -2.15. The van der Waals surface area contributed by atoms with Crippen LogP contribution in [0.2, 0.25) is 0 Å². The Balaban J connectivity index is 0.00000324. The van der Waals surface area contributed by atoms with Gasteiger partial charge in [0.25, 0.3) is 11.8 Å². The Morgan fingerprint density at radius 1 is 1.37 bits per heavy atom. The van der Waals surface area contributed by atoms with Crippen LogP contribution in [0.4, 0.5) is 5.69 Å². The van der Waals surface area contributed by atoms with Crippen molar-refractivity contribution in [3.8, 4) is 0 Å². The molecule has 4 N–H and O–H groups in total. The summed E-state index contributed by atoms with van der Waals surface area (Å²) in [7, 11) is 2.93. The van der Waals surface area contributed by atoms with Crippen LogP contribution in [-0.2, 0) is 9.53 Å². The van der Waals surface area contributed by atoms with Crippen LogP contribution in [0.3, 0.4) is 0 Å². The molecule has 0 saturated carbocycles. The molecular formula is C12H18ClN3O3. The lowest BCUT2D eigenvalue weighted by atomic mass is 10.1. The molecule has 0 fully saturated rings. The first-order valence-corrected chi connectivity index (χ1v) is 5.48. The molecule has 0 spiro atoms. The average Bonchev–Trinajstić information content (AvgIpc) is 2.40. The number of benzene rings is 1. The SMILES string of the molecule is CNC(=O)c1ccccc1NC(=O)C(CN)OC.Cl. The lowest BCUT2D eigenvalue weighted by Crippen LogP contribution is -2.36. The third-order valence-corrected chi connectivity index (χ3v) is 2.45. The number of halogens is 1. The summed E-state index contributed by atoms with van der Waals surface area (Å²) < 4.78 is 4.92. The molecule has 0 aliphatic heterocycles. The Hall–Kier alpha value is -1.63. The number of hydrogen-bond donors (Lipinski definition) is 3. The van der Waals surface area contributed by atoms with Crippen molar-refractivity contribution in [3.63, 3.8) is 0 Å².